The van der Waals surface area contributed by atoms with Gasteiger partial charge in [-0.2, -0.15) is 0 Å². The Labute approximate surface area is 267 Å². The first-order valence-corrected chi connectivity index (χ1v) is 17.1. The van der Waals surface area contributed by atoms with E-state index >= 15 is 0 Å². The molecule has 0 spiro atoms. The van der Waals surface area contributed by atoms with Gasteiger partial charge in [0.05, 0.1) is 12.1 Å². The lowest BCUT2D eigenvalue weighted by molar-refractivity contribution is -0.129. The molecule has 4 fully saturated rings. The van der Waals surface area contributed by atoms with Crippen LogP contribution in [0.1, 0.15) is 82.8 Å². The van der Waals surface area contributed by atoms with Gasteiger partial charge in [-0.25, -0.2) is 0 Å². The minimum Gasteiger partial charge on any atom is -0.508 e. The van der Waals surface area contributed by atoms with Gasteiger partial charge in [-0.3, -0.25) is 9.59 Å². The zero-order chi connectivity index (χ0) is 31.9. The quantitative estimate of drug-likeness (QED) is 0.256. The van der Waals surface area contributed by atoms with Crippen molar-refractivity contribution in [1.29, 1.82) is 0 Å². The molecule has 45 heavy (non-hydrogen) atoms. The lowest BCUT2D eigenvalue weighted by Crippen LogP contribution is -2.58. The van der Waals surface area contributed by atoms with Crippen molar-refractivity contribution in [3.05, 3.63) is 59.7 Å². The minimum atomic E-state index is -0.610. The number of benzene rings is 2. The number of carbonyl (C=O) groups excluding carboxylic acids is 2. The van der Waals surface area contributed by atoms with E-state index in [1.807, 2.05) is 24.3 Å². The maximum absolute atomic E-state index is 13.2. The van der Waals surface area contributed by atoms with E-state index in [0.29, 0.717) is 36.5 Å². The van der Waals surface area contributed by atoms with Crippen LogP contribution in [0.5, 0.6) is 11.5 Å². The smallest absolute Gasteiger partial charge is 0.237 e. The van der Waals surface area contributed by atoms with Crippen molar-refractivity contribution in [2.45, 2.75) is 109 Å². The molecule has 0 saturated heterocycles. The van der Waals surface area contributed by atoms with Crippen LogP contribution >= 0.6 is 0 Å². The van der Waals surface area contributed by atoms with Crippen LogP contribution in [0.2, 0.25) is 0 Å². The summed E-state index contributed by atoms with van der Waals surface area (Å²) in [7, 11) is 0. The Morgan fingerprint density at radius 2 is 1.27 bits per heavy atom. The van der Waals surface area contributed by atoms with E-state index in [2.05, 4.69) is 24.5 Å². The van der Waals surface area contributed by atoms with Crippen molar-refractivity contribution in [2.24, 2.45) is 46.0 Å². The van der Waals surface area contributed by atoms with Crippen molar-refractivity contribution in [3.8, 4) is 11.5 Å². The zero-order valence-corrected chi connectivity index (χ0v) is 26.9. The molecule has 244 valence electrons. The first-order valence-electron chi connectivity index (χ1n) is 17.1. The second-order valence-corrected chi connectivity index (χ2v) is 15.3. The molecule has 0 heterocycles. The fourth-order valence-corrected chi connectivity index (χ4v) is 10.2. The van der Waals surface area contributed by atoms with Crippen LogP contribution < -0.4 is 22.1 Å². The molecule has 2 aromatic rings. The van der Waals surface area contributed by atoms with Gasteiger partial charge < -0.3 is 32.3 Å². The molecular weight excluding hydrogens is 564 g/mol. The number of rotatable bonds is 8. The van der Waals surface area contributed by atoms with Gasteiger partial charge >= 0.3 is 0 Å². The SMILES string of the molecule is C[C@]12CC[C@@H](NC(=O)[C@H](N)Cc3ccc(O)cc3)C[C@@H]1CC[C@@H]1[C@@H]2CC[C@]2(C)[C@@H](NC(=O)[C@H](N)Cc3ccc(O)cc3)CC[C@@H]12. The number of hydrogen-bond acceptors (Lipinski definition) is 6. The highest BCUT2D eigenvalue weighted by Gasteiger charge is 2.60. The highest BCUT2D eigenvalue weighted by atomic mass is 16.3. The second kappa shape index (κ2) is 12.6. The van der Waals surface area contributed by atoms with Gasteiger partial charge in [-0.05, 0) is 141 Å². The van der Waals surface area contributed by atoms with Gasteiger partial charge in [0.1, 0.15) is 11.5 Å². The molecule has 4 aliphatic rings. The predicted octanol–water partition coefficient (Wildman–Crippen LogP) is 4.55. The zero-order valence-electron chi connectivity index (χ0n) is 26.9. The molecule has 8 N–H and O–H groups in total. The Balaban J connectivity index is 1.04. The normalized spacial score (nSPS) is 35.3. The third-order valence-electron chi connectivity index (χ3n) is 12.8. The van der Waals surface area contributed by atoms with Crippen LogP contribution in [0, 0.1) is 34.5 Å². The van der Waals surface area contributed by atoms with Gasteiger partial charge in [0.2, 0.25) is 11.8 Å². The van der Waals surface area contributed by atoms with E-state index in [4.69, 9.17) is 11.5 Å². The van der Waals surface area contributed by atoms with Gasteiger partial charge in [0.25, 0.3) is 0 Å². The third-order valence-corrected chi connectivity index (χ3v) is 12.8. The first kappa shape index (κ1) is 31.9. The molecule has 2 amide bonds. The Hall–Kier alpha value is -3.10. The summed E-state index contributed by atoms with van der Waals surface area (Å²) in [5, 5.41) is 25.8. The maximum atomic E-state index is 13.2. The Morgan fingerprint density at radius 3 is 1.87 bits per heavy atom. The number of hydrogen-bond donors (Lipinski definition) is 6. The molecule has 0 unspecified atom stereocenters. The predicted molar refractivity (Wildman–Crippen MR) is 175 cm³/mol. The molecule has 10 atom stereocenters. The summed E-state index contributed by atoms with van der Waals surface area (Å²) in [4.78, 5) is 26.3. The van der Waals surface area contributed by atoms with Crippen molar-refractivity contribution in [1.82, 2.24) is 10.6 Å². The first-order chi connectivity index (χ1) is 21.5. The van der Waals surface area contributed by atoms with Crippen LogP contribution in [0.4, 0.5) is 0 Å². The Kier molecular flexibility index (Phi) is 8.92. The van der Waals surface area contributed by atoms with Crippen LogP contribution in [-0.4, -0.2) is 46.2 Å². The molecule has 0 aromatic heterocycles. The number of aromatic hydroxyl groups is 2. The second-order valence-electron chi connectivity index (χ2n) is 15.3. The van der Waals surface area contributed by atoms with Crippen molar-refractivity contribution < 1.29 is 19.8 Å². The largest absolute Gasteiger partial charge is 0.508 e. The monoisotopic (exact) mass is 616 g/mol. The molecule has 2 aromatic carbocycles. The molecule has 6 rings (SSSR count). The fraction of sp³-hybridized carbons (Fsp3) is 0.622. The van der Waals surface area contributed by atoms with Gasteiger partial charge in [0.15, 0.2) is 0 Å². The van der Waals surface area contributed by atoms with E-state index in [-0.39, 0.29) is 46.2 Å². The highest BCUT2D eigenvalue weighted by molar-refractivity contribution is 5.82. The van der Waals surface area contributed by atoms with Crippen LogP contribution in [0.25, 0.3) is 0 Å². The van der Waals surface area contributed by atoms with Crippen LogP contribution in [0.15, 0.2) is 48.5 Å². The maximum Gasteiger partial charge on any atom is 0.237 e. The molecule has 8 heteroatoms. The Morgan fingerprint density at radius 1 is 0.733 bits per heavy atom. The fourth-order valence-electron chi connectivity index (χ4n) is 10.2. The number of fused-ring (bicyclic) bond motifs is 5. The number of phenolic OH excluding ortho intramolecular Hbond substituents is 2. The summed E-state index contributed by atoms with van der Waals surface area (Å²) < 4.78 is 0. The number of nitrogens with two attached hydrogens (primary N) is 2. The van der Waals surface area contributed by atoms with Gasteiger partial charge in [0, 0.05) is 12.1 Å². The summed E-state index contributed by atoms with van der Waals surface area (Å²) in [6.07, 6.45) is 11.0. The Bertz CT molecular complexity index is 1370. The topological polar surface area (TPSA) is 151 Å². The summed E-state index contributed by atoms with van der Waals surface area (Å²) in [5.41, 5.74) is 14.9. The van der Waals surface area contributed by atoms with E-state index in [1.165, 1.54) is 19.3 Å². The van der Waals surface area contributed by atoms with Crippen LogP contribution in [-0.2, 0) is 22.4 Å². The number of nitrogens with one attached hydrogen (secondary N) is 2. The third kappa shape index (κ3) is 6.33. The number of carbonyl (C=O) groups is 2. The van der Waals surface area contributed by atoms with Crippen molar-refractivity contribution >= 4 is 11.8 Å². The summed E-state index contributed by atoms with van der Waals surface area (Å²) in [6.45, 7) is 4.95. The van der Waals surface area contributed by atoms with E-state index in [0.717, 1.165) is 49.7 Å². The lowest BCUT2D eigenvalue weighted by atomic mass is 9.45. The average Bonchev–Trinajstić information content (AvgIpc) is 3.35. The number of phenols is 2. The minimum absolute atomic E-state index is 0.0732. The van der Waals surface area contributed by atoms with E-state index in [1.54, 1.807) is 24.3 Å². The van der Waals surface area contributed by atoms with Crippen molar-refractivity contribution in [3.63, 3.8) is 0 Å². The van der Waals surface area contributed by atoms with E-state index in [9.17, 15) is 19.8 Å². The molecule has 0 aliphatic heterocycles. The van der Waals surface area contributed by atoms with Gasteiger partial charge in [-0.15, -0.1) is 0 Å². The molecule has 4 saturated carbocycles. The summed E-state index contributed by atoms with van der Waals surface area (Å²) in [5.74, 6) is 2.85. The summed E-state index contributed by atoms with van der Waals surface area (Å²) >= 11 is 0. The molecular formula is C37H52N4O4. The highest BCUT2D eigenvalue weighted by Crippen LogP contribution is 2.66. The lowest BCUT2D eigenvalue weighted by Gasteiger charge is -2.61. The van der Waals surface area contributed by atoms with Crippen LogP contribution in [0.3, 0.4) is 0 Å². The molecule has 0 radical (unpaired) electrons. The molecule has 8 nitrogen and oxygen atoms in total. The van der Waals surface area contributed by atoms with Gasteiger partial charge in [-0.1, -0.05) is 38.1 Å². The van der Waals surface area contributed by atoms with E-state index < -0.39 is 12.1 Å². The standard InChI is InChI=1S/C37H52N4O4/c1-36-17-15-25(40-34(44)31(38)19-22-3-8-26(42)9-4-22)21-24(36)7-12-28-29-13-14-33(37(29,2)18-16-30(28)36)41-35(45)32(39)20-23-5-10-27(43)11-6-23/h3-6,8-11,24-25,28-33,42-43H,7,12-21,38-39H2,1-2H3,(H,40,44)(H,41,45)/t24-,25+,28-,29-,30-,31+,32+,33-,36-,37-/m0/s1. The molecule has 4 aliphatic carbocycles. The van der Waals surface area contributed by atoms with Crippen molar-refractivity contribution in [2.75, 3.05) is 0 Å². The molecule has 0 bridgehead atoms. The number of amides is 2. The average molecular weight is 617 g/mol. The summed E-state index contributed by atoms with van der Waals surface area (Å²) in [6, 6.07) is 12.9.